The molecule has 1 rings (SSSR count). The van der Waals surface area contributed by atoms with Crippen molar-refractivity contribution in [3.63, 3.8) is 0 Å². The molecule has 0 saturated heterocycles. The van der Waals surface area contributed by atoms with E-state index in [1.54, 1.807) is 0 Å². The molecule has 0 fully saturated rings. The molecule has 3 N–H and O–H groups in total. The molecule has 1 aromatic rings. The predicted octanol–water partition coefficient (Wildman–Crippen LogP) is 2.78. The van der Waals surface area contributed by atoms with Gasteiger partial charge in [-0.1, -0.05) is 32.8 Å². The van der Waals surface area contributed by atoms with E-state index < -0.39 is 5.60 Å². The molecule has 0 saturated carbocycles. The highest BCUT2D eigenvalue weighted by Gasteiger charge is 2.24. The molecule has 0 aliphatic heterocycles. The second kappa shape index (κ2) is 10.2. The Morgan fingerprint density at radius 1 is 1.17 bits per heavy atom. The molecule has 130 valence electrons. The zero-order valence-corrected chi connectivity index (χ0v) is 15.0. The lowest BCUT2D eigenvalue weighted by Crippen LogP contribution is -2.47. The van der Waals surface area contributed by atoms with E-state index in [9.17, 15) is 5.11 Å². The highest BCUT2D eigenvalue weighted by molar-refractivity contribution is 5.79. The fourth-order valence-electron chi connectivity index (χ4n) is 2.67. The first-order valence-electron chi connectivity index (χ1n) is 8.70. The Morgan fingerprint density at radius 2 is 1.87 bits per heavy atom. The van der Waals surface area contributed by atoms with E-state index in [0.717, 1.165) is 49.6 Å². The summed E-state index contributed by atoms with van der Waals surface area (Å²) >= 11 is 0. The maximum absolute atomic E-state index is 10.7. The van der Waals surface area contributed by atoms with Gasteiger partial charge in [-0.3, -0.25) is 4.98 Å². The number of hydrogen-bond acceptors (Lipinski definition) is 3. The monoisotopic (exact) mass is 320 g/mol. The second-order valence-corrected chi connectivity index (χ2v) is 6.04. The smallest absolute Gasteiger partial charge is 0.191 e. The van der Waals surface area contributed by atoms with Crippen LogP contribution in [0, 0.1) is 6.92 Å². The van der Waals surface area contributed by atoms with Crippen molar-refractivity contribution in [2.45, 2.75) is 65.5 Å². The van der Waals surface area contributed by atoms with Crippen LogP contribution in [-0.2, 0) is 6.54 Å². The van der Waals surface area contributed by atoms with Crippen LogP contribution in [0.5, 0.6) is 0 Å². The summed E-state index contributed by atoms with van der Waals surface area (Å²) in [6, 6.07) is 5.95. The number of rotatable bonds is 9. The molecule has 0 amide bonds. The number of aliphatic imine (C=N–C) groups is 1. The van der Waals surface area contributed by atoms with Gasteiger partial charge in [0.15, 0.2) is 5.96 Å². The molecule has 0 bridgehead atoms. The first-order chi connectivity index (χ1) is 11.0. The van der Waals surface area contributed by atoms with Crippen LogP contribution in [0.2, 0.25) is 0 Å². The molecule has 0 aromatic carbocycles. The van der Waals surface area contributed by atoms with Gasteiger partial charge in [0.05, 0.1) is 17.8 Å². The molecule has 0 aliphatic rings. The van der Waals surface area contributed by atoms with Crippen molar-refractivity contribution >= 4 is 5.96 Å². The first-order valence-corrected chi connectivity index (χ1v) is 8.70. The summed E-state index contributed by atoms with van der Waals surface area (Å²) in [6.07, 6.45) is 3.54. The van der Waals surface area contributed by atoms with Crippen LogP contribution in [0.15, 0.2) is 23.2 Å². The molecule has 23 heavy (non-hydrogen) atoms. The van der Waals surface area contributed by atoms with Crippen LogP contribution >= 0.6 is 0 Å². The molecule has 1 aromatic heterocycles. The first kappa shape index (κ1) is 19.4. The number of guanidine groups is 1. The average molecular weight is 320 g/mol. The Labute approximate surface area is 140 Å². The highest BCUT2D eigenvalue weighted by atomic mass is 16.3. The largest absolute Gasteiger partial charge is 0.388 e. The minimum absolute atomic E-state index is 0.516. The minimum atomic E-state index is -0.665. The van der Waals surface area contributed by atoms with Crippen molar-refractivity contribution in [3.8, 4) is 0 Å². The van der Waals surface area contributed by atoms with E-state index in [1.807, 2.05) is 32.0 Å². The lowest BCUT2D eigenvalue weighted by molar-refractivity contribution is 0.0257. The topological polar surface area (TPSA) is 69.5 Å². The van der Waals surface area contributed by atoms with Crippen molar-refractivity contribution in [1.29, 1.82) is 0 Å². The van der Waals surface area contributed by atoms with Gasteiger partial charge in [-0.25, -0.2) is 4.99 Å². The highest BCUT2D eigenvalue weighted by Crippen LogP contribution is 2.18. The standard InChI is InChI=1S/C18H32N4O/c1-5-11-18(23,12-6-2)14-21-17(19-7-3)20-13-16-10-8-9-15(4)22-16/h8-10,23H,5-7,11-14H2,1-4H3,(H2,19,20,21). The van der Waals surface area contributed by atoms with Gasteiger partial charge in [0.25, 0.3) is 0 Å². The van der Waals surface area contributed by atoms with Crippen molar-refractivity contribution in [3.05, 3.63) is 29.6 Å². The number of aromatic nitrogens is 1. The third-order valence-corrected chi connectivity index (χ3v) is 3.70. The lowest BCUT2D eigenvalue weighted by atomic mass is 9.93. The van der Waals surface area contributed by atoms with Crippen LogP contribution in [0.4, 0.5) is 0 Å². The van der Waals surface area contributed by atoms with E-state index in [-0.39, 0.29) is 0 Å². The third kappa shape index (κ3) is 7.46. The van der Waals surface area contributed by atoms with Crippen LogP contribution in [0.1, 0.15) is 57.8 Å². The zero-order valence-electron chi connectivity index (χ0n) is 15.0. The number of aliphatic hydroxyl groups is 1. The Balaban J connectivity index is 2.67. The summed E-state index contributed by atoms with van der Waals surface area (Å²) in [5.74, 6) is 0.724. The second-order valence-electron chi connectivity index (χ2n) is 6.04. The Bertz CT molecular complexity index is 482. The van der Waals surface area contributed by atoms with Gasteiger partial charge in [-0.15, -0.1) is 0 Å². The van der Waals surface area contributed by atoms with Crippen LogP contribution in [0.3, 0.4) is 0 Å². The molecule has 5 nitrogen and oxygen atoms in total. The van der Waals surface area contributed by atoms with Crippen LogP contribution in [0.25, 0.3) is 0 Å². The number of pyridine rings is 1. The number of nitrogens with zero attached hydrogens (tertiary/aromatic N) is 2. The van der Waals surface area contributed by atoms with Gasteiger partial charge in [-0.2, -0.15) is 0 Å². The molecule has 5 heteroatoms. The van der Waals surface area contributed by atoms with Gasteiger partial charge >= 0.3 is 0 Å². The zero-order chi connectivity index (χ0) is 17.1. The molecular formula is C18H32N4O. The summed E-state index contributed by atoms with van der Waals surface area (Å²) < 4.78 is 0. The van der Waals surface area contributed by atoms with Crippen molar-refractivity contribution in [2.24, 2.45) is 4.99 Å². The van der Waals surface area contributed by atoms with Crippen molar-refractivity contribution < 1.29 is 5.11 Å². The fraction of sp³-hybridized carbons (Fsp3) is 0.667. The molecule has 1 heterocycles. The van der Waals surface area contributed by atoms with E-state index in [1.165, 1.54) is 0 Å². The van der Waals surface area contributed by atoms with Gasteiger partial charge in [0.1, 0.15) is 0 Å². The molecule has 0 aliphatic carbocycles. The molecule has 0 atom stereocenters. The van der Waals surface area contributed by atoms with E-state index in [0.29, 0.717) is 13.1 Å². The van der Waals surface area contributed by atoms with Gasteiger partial charge in [-0.05, 0) is 38.8 Å². The minimum Gasteiger partial charge on any atom is -0.388 e. The number of nitrogens with one attached hydrogen (secondary N) is 2. The normalized spacial score (nSPS) is 12.3. The third-order valence-electron chi connectivity index (χ3n) is 3.70. The Hall–Kier alpha value is -1.62. The van der Waals surface area contributed by atoms with Crippen LogP contribution < -0.4 is 10.6 Å². The molecule has 0 spiro atoms. The Morgan fingerprint density at radius 3 is 2.43 bits per heavy atom. The van der Waals surface area contributed by atoms with Crippen molar-refractivity contribution in [1.82, 2.24) is 15.6 Å². The number of hydrogen-bond donors (Lipinski definition) is 3. The summed E-state index contributed by atoms with van der Waals surface area (Å²) in [7, 11) is 0. The van der Waals surface area contributed by atoms with Gasteiger partial charge < -0.3 is 15.7 Å². The van der Waals surface area contributed by atoms with Crippen LogP contribution in [-0.4, -0.2) is 34.7 Å². The van der Waals surface area contributed by atoms with Gasteiger partial charge in [0.2, 0.25) is 0 Å². The molecule has 0 unspecified atom stereocenters. The number of aryl methyl sites for hydroxylation is 1. The maximum Gasteiger partial charge on any atom is 0.191 e. The van der Waals surface area contributed by atoms with E-state index >= 15 is 0 Å². The quantitative estimate of drug-likeness (QED) is 0.483. The summed E-state index contributed by atoms with van der Waals surface area (Å²) in [4.78, 5) is 9.03. The van der Waals surface area contributed by atoms with Gasteiger partial charge in [0, 0.05) is 18.8 Å². The van der Waals surface area contributed by atoms with E-state index in [4.69, 9.17) is 0 Å². The predicted molar refractivity (Wildman–Crippen MR) is 96.6 cm³/mol. The summed E-state index contributed by atoms with van der Waals surface area (Å²) in [5.41, 5.74) is 1.27. The average Bonchev–Trinajstić information content (AvgIpc) is 2.51. The molecular weight excluding hydrogens is 288 g/mol. The maximum atomic E-state index is 10.7. The SMILES string of the molecule is CCCC(O)(CCC)CNC(=NCc1cccc(C)n1)NCC. The Kier molecular flexibility index (Phi) is 8.62. The molecule has 0 radical (unpaired) electrons. The summed E-state index contributed by atoms with van der Waals surface area (Å²) in [6.45, 7) is 10.0. The van der Waals surface area contributed by atoms with E-state index in [2.05, 4.69) is 34.5 Å². The lowest BCUT2D eigenvalue weighted by Gasteiger charge is -2.28. The van der Waals surface area contributed by atoms with Crippen molar-refractivity contribution in [2.75, 3.05) is 13.1 Å². The summed E-state index contributed by atoms with van der Waals surface area (Å²) in [5, 5.41) is 17.2. The fourth-order valence-corrected chi connectivity index (χ4v) is 2.67.